The summed E-state index contributed by atoms with van der Waals surface area (Å²) in [7, 11) is -0.547. The van der Waals surface area contributed by atoms with E-state index >= 15 is 0 Å². The Morgan fingerprint density at radius 3 is 2.42 bits per heavy atom. The summed E-state index contributed by atoms with van der Waals surface area (Å²) in [6, 6.07) is 9.64. The highest BCUT2D eigenvalue weighted by Crippen LogP contribution is 2.14. The van der Waals surface area contributed by atoms with Gasteiger partial charge < -0.3 is 9.73 Å². The zero-order valence-electron chi connectivity index (χ0n) is 14.0. The molecule has 0 fully saturated rings. The van der Waals surface area contributed by atoms with E-state index < -0.39 is 10.0 Å². The molecule has 130 valence electrons. The summed E-state index contributed by atoms with van der Waals surface area (Å²) in [6.07, 6.45) is 3.13. The zero-order chi connectivity index (χ0) is 17.7. The molecule has 2 aromatic rings. The Hall–Kier alpha value is -2.12. The lowest BCUT2D eigenvalue weighted by Crippen LogP contribution is -2.32. The van der Waals surface area contributed by atoms with Gasteiger partial charge in [0.2, 0.25) is 10.0 Å². The van der Waals surface area contributed by atoms with Gasteiger partial charge in [0.1, 0.15) is 5.76 Å². The average molecular weight is 350 g/mol. The minimum atomic E-state index is -3.48. The Balaban J connectivity index is 1.95. The van der Waals surface area contributed by atoms with Crippen molar-refractivity contribution in [1.82, 2.24) is 9.62 Å². The third-order valence-electron chi connectivity index (χ3n) is 3.68. The van der Waals surface area contributed by atoms with E-state index in [2.05, 4.69) is 5.32 Å². The summed E-state index contributed by atoms with van der Waals surface area (Å²) in [5.41, 5.74) is 0.428. The number of hydrogen-bond acceptors (Lipinski definition) is 4. The second kappa shape index (κ2) is 7.63. The summed E-state index contributed by atoms with van der Waals surface area (Å²) in [5.74, 6) is 0.657. The standard InChI is InChI=1S/C17H22N2O4S/c1-13(6-9-15-5-4-12-23-15)18-17(20)14-7-10-16(11-8-14)24(21,22)19(2)3/h4-5,7-8,10-13H,6,9H2,1-3H3,(H,18,20)/t13-/m0/s1. The van der Waals surface area contributed by atoms with Crippen LogP contribution in [-0.2, 0) is 16.4 Å². The van der Waals surface area contributed by atoms with Crippen molar-refractivity contribution in [2.75, 3.05) is 14.1 Å². The number of nitrogens with zero attached hydrogens (tertiary/aromatic N) is 1. The molecule has 0 aliphatic heterocycles. The SMILES string of the molecule is C[C@@H](CCc1ccco1)NC(=O)c1ccc(S(=O)(=O)N(C)C)cc1. The fraction of sp³-hybridized carbons (Fsp3) is 0.353. The molecule has 0 bridgehead atoms. The van der Waals surface area contributed by atoms with Crippen molar-refractivity contribution < 1.29 is 17.6 Å². The number of aryl methyl sites for hydroxylation is 1. The number of amides is 1. The van der Waals surface area contributed by atoms with Crippen molar-refractivity contribution >= 4 is 15.9 Å². The van der Waals surface area contributed by atoms with Gasteiger partial charge in [-0.15, -0.1) is 0 Å². The van der Waals surface area contributed by atoms with Gasteiger partial charge in [-0.1, -0.05) is 0 Å². The molecule has 2 rings (SSSR count). The summed E-state index contributed by atoms with van der Waals surface area (Å²) in [5, 5.41) is 2.90. The van der Waals surface area contributed by atoms with Gasteiger partial charge in [-0.25, -0.2) is 12.7 Å². The lowest BCUT2D eigenvalue weighted by molar-refractivity contribution is 0.0938. The van der Waals surface area contributed by atoms with Crippen LogP contribution in [0.3, 0.4) is 0 Å². The number of furan rings is 1. The van der Waals surface area contributed by atoms with Crippen molar-refractivity contribution in [2.24, 2.45) is 0 Å². The number of benzene rings is 1. The van der Waals surface area contributed by atoms with Crippen LogP contribution in [0.15, 0.2) is 52.0 Å². The fourth-order valence-electron chi connectivity index (χ4n) is 2.18. The van der Waals surface area contributed by atoms with Gasteiger partial charge in [0, 0.05) is 32.1 Å². The maximum absolute atomic E-state index is 12.2. The number of rotatable bonds is 7. The van der Waals surface area contributed by atoms with Crippen LogP contribution in [0.5, 0.6) is 0 Å². The Bertz CT molecular complexity index is 765. The molecule has 0 radical (unpaired) electrons. The van der Waals surface area contributed by atoms with Crippen LogP contribution in [0.2, 0.25) is 0 Å². The van der Waals surface area contributed by atoms with E-state index in [1.807, 2.05) is 19.1 Å². The molecule has 1 aromatic heterocycles. The van der Waals surface area contributed by atoms with Crippen LogP contribution in [0.4, 0.5) is 0 Å². The first-order chi connectivity index (χ1) is 11.3. The highest BCUT2D eigenvalue weighted by molar-refractivity contribution is 7.89. The summed E-state index contributed by atoms with van der Waals surface area (Å²) in [6.45, 7) is 1.92. The predicted octanol–water partition coefficient (Wildman–Crippen LogP) is 2.28. The van der Waals surface area contributed by atoms with Gasteiger partial charge in [-0.05, 0) is 49.7 Å². The largest absolute Gasteiger partial charge is 0.469 e. The second-order valence-electron chi connectivity index (χ2n) is 5.80. The Morgan fingerprint density at radius 2 is 1.88 bits per heavy atom. The monoisotopic (exact) mass is 350 g/mol. The van der Waals surface area contributed by atoms with Gasteiger partial charge in [-0.3, -0.25) is 4.79 Å². The zero-order valence-corrected chi connectivity index (χ0v) is 14.8. The molecule has 0 aliphatic carbocycles. The summed E-state index contributed by atoms with van der Waals surface area (Å²) >= 11 is 0. The minimum Gasteiger partial charge on any atom is -0.469 e. The topological polar surface area (TPSA) is 79.6 Å². The molecule has 0 saturated heterocycles. The van der Waals surface area contributed by atoms with Crippen LogP contribution >= 0.6 is 0 Å². The molecule has 0 saturated carbocycles. The van der Waals surface area contributed by atoms with Crippen molar-refractivity contribution in [3.63, 3.8) is 0 Å². The van der Waals surface area contributed by atoms with Crippen molar-refractivity contribution in [1.29, 1.82) is 0 Å². The predicted molar refractivity (Wildman–Crippen MR) is 91.3 cm³/mol. The van der Waals surface area contributed by atoms with Crippen LogP contribution in [0.25, 0.3) is 0 Å². The second-order valence-corrected chi connectivity index (χ2v) is 7.96. The van der Waals surface area contributed by atoms with Gasteiger partial charge in [0.15, 0.2) is 0 Å². The van der Waals surface area contributed by atoms with E-state index in [-0.39, 0.29) is 16.8 Å². The minimum absolute atomic E-state index is 0.0206. The van der Waals surface area contributed by atoms with E-state index in [9.17, 15) is 13.2 Å². The molecule has 24 heavy (non-hydrogen) atoms. The van der Waals surface area contributed by atoms with Gasteiger partial charge >= 0.3 is 0 Å². The number of carbonyl (C=O) groups is 1. The molecule has 1 amide bonds. The molecule has 1 atom stereocenters. The van der Waals surface area contributed by atoms with E-state index in [0.717, 1.165) is 22.9 Å². The third-order valence-corrected chi connectivity index (χ3v) is 5.51. The molecule has 1 aromatic carbocycles. The Labute approximate surface area is 142 Å². The summed E-state index contributed by atoms with van der Waals surface area (Å²) < 4.78 is 30.4. The van der Waals surface area contributed by atoms with Gasteiger partial charge in [0.25, 0.3) is 5.91 Å². The summed E-state index contributed by atoms with van der Waals surface area (Å²) in [4.78, 5) is 12.4. The maximum Gasteiger partial charge on any atom is 0.251 e. The van der Waals surface area contributed by atoms with Crippen LogP contribution in [0.1, 0.15) is 29.5 Å². The molecule has 0 aliphatic rings. The smallest absolute Gasteiger partial charge is 0.251 e. The highest BCUT2D eigenvalue weighted by Gasteiger charge is 2.18. The van der Waals surface area contributed by atoms with E-state index in [1.54, 1.807) is 6.26 Å². The first-order valence-electron chi connectivity index (χ1n) is 7.66. The molecule has 7 heteroatoms. The third kappa shape index (κ3) is 4.46. The Morgan fingerprint density at radius 1 is 1.21 bits per heavy atom. The van der Waals surface area contributed by atoms with Crippen molar-refractivity contribution in [3.8, 4) is 0 Å². The van der Waals surface area contributed by atoms with E-state index in [1.165, 1.54) is 38.4 Å². The number of sulfonamides is 1. The molecular weight excluding hydrogens is 328 g/mol. The van der Waals surface area contributed by atoms with E-state index in [0.29, 0.717) is 5.56 Å². The molecule has 6 nitrogen and oxygen atoms in total. The highest BCUT2D eigenvalue weighted by atomic mass is 32.2. The fourth-order valence-corrected chi connectivity index (χ4v) is 3.08. The first-order valence-corrected chi connectivity index (χ1v) is 9.10. The molecule has 1 N–H and O–H groups in total. The van der Waals surface area contributed by atoms with Gasteiger partial charge in [0.05, 0.1) is 11.2 Å². The maximum atomic E-state index is 12.2. The Kier molecular flexibility index (Phi) is 5.80. The van der Waals surface area contributed by atoms with Gasteiger partial charge in [-0.2, -0.15) is 0 Å². The molecule has 0 unspecified atom stereocenters. The van der Waals surface area contributed by atoms with Crippen LogP contribution in [-0.4, -0.2) is 38.8 Å². The van der Waals surface area contributed by atoms with E-state index in [4.69, 9.17) is 4.42 Å². The number of nitrogens with one attached hydrogen (secondary N) is 1. The lowest BCUT2D eigenvalue weighted by atomic mass is 10.1. The number of hydrogen-bond donors (Lipinski definition) is 1. The quantitative estimate of drug-likeness (QED) is 0.831. The van der Waals surface area contributed by atoms with Crippen molar-refractivity contribution in [3.05, 3.63) is 54.0 Å². The normalized spacial score (nSPS) is 13.0. The van der Waals surface area contributed by atoms with Crippen LogP contribution in [0, 0.1) is 0 Å². The lowest BCUT2D eigenvalue weighted by Gasteiger charge is -2.14. The number of carbonyl (C=O) groups excluding carboxylic acids is 1. The molecule has 0 spiro atoms. The molecular formula is C17H22N2O4S. The average Bonchev–Trinajstić information content (AvgIpc) is 3.06. The van der Waals surface area contributed by atoms with Crippen LogP contribution < -0.4 is 5.32 Å². The first kappa shape index (κ1) is 18.2. The molecule has 1 heterocycles. The van der Waals surface area contributed by atoms with Crippen molar-refractivity contribution in [2.45, 2.75) is 30.7 Å².